The van der Waals surface area contributed by atoms with E-state index < -0.39 is 5.41 Å². The highest BCUT2D eigenvalue weighted by atomic mass is 32.2. The van der Waals surface area contributed by atoms with Gasteiger partial charge in [0, 0.05) is 5.41 Å². The fourth-order valence-corrected chi connectivity index (χ4v) is 3.59. The van der Waals surface area contributed by atoms with Gasteiger partial charge in [-0.15, -0.1) is 10.2 Å². The summed E-state index contributed by atoms with van der Waals surface area (Å²) in [5, 5.41) is 9.07. The van der Waals surface area contributed by atoms with Gasteiger partial charge in [0.25, 0.3) is 0 Å². The predicted molar refractivity (Wildman–Crippen MR) is 106 cm³/mol. The first-order valence-electron chi connectivity index (χ1n) is 8.74. The number of halogens is 1. The van der Waals surface area contributed by atoms with E-state index in [1.54, 1.807) is 18.2 Å². The van der Waals surface area contributed by atoms with Crippen LogP contribution in [0.4, 0.5) is 4.39 Å². The monoisotopic (exact) mass is 383 g/mol. The number of Topliss-reactive ketones (excluding diaryl/α,β-unsaturated/α-hetero) is 1. The van der Waals surface area contributed by atoms with Gasteiger partial charge < -0.3 is 0 Å². The van der Waals surface area contributed by atoms with Crippen molar-refractivity contribution in [3.05, 3.63) is 66.0 Å². The summed E-state index contributed by atoms with van der Waals surface area (Å²) in [6.07, 6.45) is 0. The molecule has 0 aliphatic heterocycles. The third kappa shape index (κ3) is 4.63. The molecule has 0 atom stereocenters. The van der Waals surface area contributed by atoms with Gasteiger partial charge in [-0.1, -0.05) is 75.0 Å². The minimum atomic E-state index is -0.411. The topological polar surface area (TPSA) is 47.8 Å². The number of carbonyl (C=O) groups excluding carboxylic acids is 1. The molecule has 0 fully saturated rings. The lowest BCUT2D eigenvalue weighted by Gasteiger charge is -2.16. The van der Waals surface area contributed by atoms with Gasteiger partial charge in [0.15, 0.2) is 11.0 Å². The summed E-state index contributed by atoms with van der Waals surface area (Å²) in [6.45, 7) is 6.20. The molecule has 2 aromatic carbocycles. The molecule has 1 heterocycles. The van der Waals surface area contributed by atoms with E-state index in [0.717, 1.165) is 5.56 Å². The zero-order valence-electron chi connectivity index (χ0n) is 15.6. The van der Waals surface area contributed by atoms with E-state index in [1.165, 1.54) is 17.8 Å². The molecule has 140 valence electrons. The molecule has 0 spiro atoms. The van der Waals surface area contributed by atoms with E-state index in [4.69, 9.17) is 0 Å². The molecule has 27 heavy (non-hydrogen) atoms. The Morgan fingerprint density at radius 3 is 2.37 bits per heavy atom. The van der Waals surface area contributed by atoms with Crippen LogP contribution in [-0.2, 0) is 11.3 Å². The van der Waals surface area contributed by atoms with Gasteiger partial charge in [-0.05, 0) is 17.7 Å². The van der Waals surface area contributed by atoms with Crippen LogP contribution in [0, 0.1) is 11.2 Å². The molecule has 4 nitrogen and oxygen atoms in total. The van der Waals surface area contributed by atoms with Crippen molar-refractivity contribution in [2.75, 3.05) is 5.75 Å². The summed E-state index contributed by atoms with van der Waals surface area (Å²) < 4.78 is 16.2. The van der Waals surface area contributed by atoms with Crippen LogP contribution in [-0.4, -0.2) is 26.3 Å². The maximum Gasteiger partial charge on any atom is 0.192 e. The van der Waals surface area contributed by atoms with Gasteiger partial charge in [0.1, 0.15) is 11.6 Å². The van der Waals surface area contributed by atoms with Crippen LogP contribution < -0.4 is 0 Å². The predicted octanol–water partition coefficient (Wildman–Crippen LogP) is 4.84. The molecule has 0 radical (unpaired) electrons. The molecule has 0 saturated heterocycles. The lowest BCUT2D eigenvalue weighted by atomic mass is 9.92. The van der Waals surface area contributed by atoms with Crippen LogP contribution in [0.2, 0.25) is 0 Å². The van der Waals surface area contributed by atoms with E-state index in [0.29, 0.717) is 28.8 Å². The van der Waals surface area contributed by atoms with Crippen LogP contribution >= 0.6 is 11.8 Å². The molecular formula is C21H22FN3OS. The van der Waals surface area contributed by atoms with Crippen LogP contribution in [0.15, 0.2) is 59.8 Å². The number of nitrogens with zero attached hydrogens (tertiary/aromatic N) is 3. The Balaban J connectivity index is 1.96. The van der Waals surface area contributed by atoms with Gasteiger partial charge in [-0.2, -0.15) is 0 Å². The number of thioether (sulfide) groups is 1. The second-order valence-corrected chi connectivity index (χ2v) is 8.26. The fourth-order valence-electron chi connectivity index (χ4n) is 2.49. The first kappa shape index (κ1) is 19.3. The highest BCUT2D eigenvalue weighted by molar-refractivity contribution is 7.99. The Labute approximate surface area is 162 Å². The highest BCUT2D eigenvalue weighted by Crippen LogP contribution is 2.28. The van der Waals surface area contributed by atoms with E-state index in [9.17, 15) is 9.18 Å². The van der Waals surface area contributed by atoms with Crippen molar-refractivity contribution in [2.24, 2.45) is 5.41 Å². The van der Waals surface area contributed by atoms with Crippen LogP contribution in [0.3, 0.4) is 0 Å². The van der Waals surface area contributed by atoms with Crippen LogP contribution in [0.1, 0.15) is 26.3 Å². The first-order valence-corrected chi connectivity index (χ1v) is 9.73. The third-order valence-corrected chi connectivity index (χ3v) is 5.15. The van der Waals surface area contributed by atoms with Gasteiger partial charge in [-0.3, -0.25) is 9.36 Å². The zero-order chi connectivity index (χ0) is 19.4. The van der Waals surface area contributed by atoms with Crippen molar-refractivity contribution in [1.29, 1.82) is 0 Å². The summed E-state index contributed by atoms with van der Waals surface area (Å²) in [6, 6.07) is 16.4. The molecule has 1 aromatic heterocycles. The van der Waals surface area contributed by atoms with Crippen LogP contribution in [0.5, 0.6) is 0 Å². The zero-order valence-corrected chi connectivity index (χ0v) is 16.5. The lowest BCUT2D eigenvalue weighted by Crippen LogP contribution is -2.22. The van der Waals surface area contributed by atoms with Crippen molar-refractivity contribution in [2.45, 2.75) is 32.5 Å². The highest BCUT2D eigenvalue weighted by Gasteiger charge is 2.23. The van der Waals surface area contributed by atoms with Crippen molar-refractivity contribution in [1.82, 2.24) is 14.8 Å². The number of hydrogen-bond acceptors (Lipinski definition) is 4. The molecule has 0 aliphatic carbocycles. The average Bonchev–Trinajstić information content (AvgIpc) is 3.02. The van der Waals surface area contributed by atoms with Gasteiger partial charge >= 0.3 is 0 Å². The maximum absolute atomic E-state index is 14.3. The number of carbonyl (C=O) groups is 1. The van der Waals surface area contributed by atoms with Crippen molar-refractivity contribution in [3.8, 4) is 11.4 Å². The van der Waals surface area contributed by atoms with E-state index in [1.807, 2.05) is 55.7 Å². The second-order valence-electron chi connectivity index (χ2n) is 7.32. The summed E-state index contributed by atoms with van der Waals surface area (Å²) in [5.41, 5.74) is 1.04. The smallest absolute Gasteiger partial charge is 0.192 e. The molecule has 0 amide bonds. The summed E-state index contributed by atoms with van der Waals surface area (Å²) in [5.74, 6) is 0.548. The molecule has 0 unspecified atom stereocenters. The van der Waals surface area contributed by atoms with Gasteiger partial charge in [0.05, 0.1) is 17.9 Å². The minimum absolute atomic E-state index is 0.134. The number of hydrogen-bond donors (Lipinski definition) is 0. The Hall–Kier alpha value is -2.47. The fraction of sp³-hybridized carbons (Fsp3) is 0.286. The Bertz CT molecular complexity index is 932. The summed E-state index contributed by atoms with van der Waals surface area (Å²) in [7, 11) is 0. The first-order chi connectivity index (χ1) is 12.9. The second kappa shape index (κ2) is 8.05. The van der Waals surface area contributed by atoms with Crippen LogP contribution in [0.25, 0.3) is 11.4 Å². The summed E-state index contributed by atoms with van der Waals surface area (Å²) >= 11 is 1.34. The SMILES string of the molecule is CC(C)(C)C(=O)CSc1nnc(-c2ccccc2F)n1Cc1ccccc1. The maximum atomic E-state index is 14.3. The molecule has 0 N–H and O–H groups in total. The number of benzene rings is 2. The lowest BCUT2D eigenvalue weighted by molar-refractivity contribution is -0.123. The molecule has 3 aromatic rings. The number of ketones is 1. The van der Waals surface area contributed by atoms with E-state index >= 15 is 0 Å². The molecule has 0 bridgehead atoms. The minimum Gasteiger partial charge on any atom is -0.298 e. The quantitative estimate of drug-likeness (QED) is 0.572. The normalized spacial score (nSPS) is 11.6. The standard InChI is InChI=1S/C21H22FN3OS/c1-21(2,3)18(26)14-27-20-24-23-19(16-11-7-8-12-17(16)22)25(20)13-15-9-5-4-6-10-15/h4-12H,13-14H2,1-3H3. The number of aromatic nitrogens is 3. The van der Waals surface area contributed by atoms with E-state index in [2.05, 4.69) is 10.2 Å². The average molecular weight is 383 g/mol. The Morgan fingerprint density at radius 1 is 1.04 bits per heavy atom. The summed E-state index contributed by atoms with van der Waals surface area (Å²) in [4.78, 5) is 12.3. The molecule has 0 saturated carbocycles. The molecule has 6 heteroatoms. The molecule has 0 aliphatic rings. The van der Waals surface area contributed by atoms with Crippen molar-refractivity contribution in [3.63, 3.8) is 0 Å². The van der Waals surface area contributed by atoms with Crippen molar-refractivity contribution < 1.29 is 9.18 Å². The van der Waals surface area contributed by atoms with Gasteiger partial charge in [0.2, 0.25) is 0 Å². The third-order valence-electron chi connectivity index (χ3n) is 4.18. The molecular weight excluding hydrogens is 361 g/mol. The largest absolute Gasteiger partial charge is 0.298 e. The van der Waals surface area contributed by atoms with E-state index in [-0.39, 0.29) is 11.6 Å². The Morgan fingerprint density at radius 2 is 1.70 bits per heavy atom. The Kier molecular flexibility index (Phi) is 5.75. The molecule has 3 rings (SSSR count). The van der Waals surface area contributed by atoms with Crippen molar-refractivity contribution >= 4 is 17.5 Å². The number of rotatable bonds is 6. The van der Waals surface area contributed by atoms with Gasteiger partial charge in [-0.25, -0.2) is 4.39 Å².